The summed E-state index contributed by atoms with van der Waals surface area (Å²) >= 11 is 0. The second-order valence-electron chi connectivity index (χ2n) is 6.30. The maximum atomic E-state index is 5.31. The normalized spacial score (nSPS) is 10.9. The van der Waals surface area contributed by atoms with Gasteiger partial charge in [-0.1, -0.05) is 24.3 Å². The van der Waals surface area contributed by atoms with Crippen molar-refractivity contribution in [2.24, 2.45) is 0 Å². The first-order valence-corrected chi connectivity index (χ1v) is 8.50. The smallest absolute Gasteiger partial charge is 0.178 e. The van der Waals surface area contributed by atoms with E-state index in [4.69, 9.17) is 9.72 Å². The highest BCUT2D eigenvalue weighted by Gasteiger charge is 2.12. The molecule has 0 spiro atoms. The topological polar surface area (TPSA) is 47.9 Å². The minimum atomic E-state index is 0.635. The monoisotopic (exact) mass is 341 g/mol. The molecule has 4 aromatic rings. The Balaban J connectivity index is 1.83. The predicted molar refractivity (Wildman–Crippen MR) is 104 cm³/mol. The SMILES string of the molecule is COc1ccc(-c2nc(-c3ncc4ccccc4n3)ccc2C)c(C)c1. The average molecular weight is 341 g/mol. The minimum absolute atomic E-state index is 0.635. The van der Waals surface area contributed by atoms with Crippen molar-refractivity contribution in [3.05, 3.63) is 71.9 Å². The molecule has 0 N–H and O–H groups in total. The molecular formula is C22H19N3O. The molecule has 2 heterocycles. The zero-order chi connectivity index (χ0) is 18.1. The van der Waals surface area contributed by atoms with Gasteiger partial charge >= 0.3 is 0 Å². The number of fused-ring (bicyclic) bond motifs is 1. The Bertz CT molecular complexity index is 1110. The Hall–Kier alpha value is -3.27. The van der Waals surface area contributed by atoms with Gasteiger partial charge in [0.2, 0.25) is 0 Å². The molecule has 4 nitrogen and oxygen atoms in total. The lowest BCUT2D eigenvalue weighted by Gasteiger charge is -2.11. The van der Waals surface area contributed by atoms with Gasteiger partial charge in [-0.25, -0.2) is 15.0 Å². The van der Waals surface area contributed by atoms with Crippen molar-refractivity contribution in [2.45, 2.75) is 13.8 Å². The molecule has 0 saturated carbocycles. The van der Waals surface area contributed by atoms with Crippen LogP contribution >= 0.6 is 0 Å². The van der Waals surface area contributed by atoms with Gasteiger partial charge in [0, 0.05) is 17.1 Å². The molecule has 0 radical (unpaired) electrons. The van der Waals surface area contributed by atoms with E-state index in [1.165, 1.54) is 0 Å². The zero-order valence-electron chi connectivity index (χ0n) is 15.0. The fraction of sp³-hybridized carbons (Fsp3) is 0.136. The molecular weight excluding hydrogens is 322 g/mol. The van der Waals surface area contributed by atoms with Gasteiger partial charge in [-0.05, 0) is 55.3 Å². The first-order chi connectivity index (χ1) is 12.7. The highest BCUT2D eigenvalue weighted by atomic mass is 16.5. The summed E-state index contributed by atoms with van der Waals surface area (Å²) in [7, 11) is 1.68. The van der Waals surface area contributed by atoms with Gasteiger partial charge in [0.15, 0.2) is 5.82 Å². The van der Waals surface area contributed by atoms with Crippen LogP contribution in [0.25, 0.3) is 33.7 Å². The van der Waals surface area contributed by atoms with Crippen LogP contribution in [-0.4, -0.2) is 22.1 Å². The van der Waals surface area contributed by atoms with Crippen molar-refractivity contribution in [2.75, 3.05) is 7.11 Å². The highest BCUT2D eigenvalue weighted by molar-refractivity contribution is 5.79. The largest absolute Gasteiger partial charge is 0.497 e. The van der Waals surface area contributed by atoms with Gasteiger partial charge < -0.3 is 4.74 Å². The molecule has 26 heavy (non-hydrogen) atoms. The summed E-state index contributed by atoms with van der Waals surface area (Å²) < 4.78 is 5.31. The van der Waals surface area contributed by atoms with Crippen molar-refractivity contribution in [1.29, 1.82) is 0 Å². The number of ether oxygens (including phenoxy) is 1. The van der Waals surface area contributed by atoms with Crippen LogP contribution in [-0.2, 0) is 0 Å². The molecule has 0 aliphatic carbocycles. The number of nitrogens with zero attached hydrogens (tertiary/aromatic N) is 3. The number of rotatable bonds is 3. The van der Waals surface area contributed by atoms with E-state index in [0.29, 0.717) is 5.82 Å². The Morgan fingerprint density at radius 3 is 2.50 bits per heavy atom. The number of aryl methyl sites for hydroxylation is 2. The molecule has 0 aliphatic heterocycles. The van der Waals surface area contributed by atoms with Gasteiger partial charge in [0.25, 0.3) is 0 Å². The van der Waals surface area contributed by atoms with Crippen LogP contribution in [0.5, 0.6) is 5.75 Å². The van der Waals surface area contributed by atoms with E-state index in [2.05, 4.69) is 35.9 Å². The van der Waals surface area contributed by atoms with E-state index in [-0.39, 0.29) is 0 Å². The fourth-order valence-electron chi connectivity index (χ4n) is 3.05. The minimum Gasteiger partial charge on any atom is -0.497 e. The maximum absolute atomic E-state index is 5.31. The lowest BCUT2D eigenvalue weighted by molar-refractivity contribution is 0.414. The summed E-state index contributed by atoms with van der Waals surface area (Å²) in [4.78, 5) is 14.0. The van der Waals surface area contributed by atoms with Gasteiger partial charge in [-0.2, -0.15) is 0 Å². The lowest BCUT2D eigenvalue weighted by Crippen LogP contribution is -1.97. The molecule has 4 heteroatoms. The predicted octanol–water partition coefficient (Wildman–Crippen LogP) is 4.98. The maximum Gasteiger partial charge on any atom is 0.178 e. The molecule has 0 saturated heterocycles. The van der Waals surface area contributed by atoms with Crippen molar-refractivity contribution < 1.29 is 4.74 Å². The average Bonchev–Trinajstić information content (AvgIpc) is 2.68. The summed E-state index contributed by atoms with van der Waals surface area (Å²) in [5, 5.41) is 1.02. The van der Waals surface area contributed by atoms with E-state index >= 15 is 0 Å². The van der Waals surface area contributed by atoms with Crippen molar-refractivity contribution in [3.8, 4) is 28.5 Å². The van der Waals surface area contributed by atoms with Crippen LogP contribution in [0.2, 0.25) is 0 Å². The molecule has 0 aliphatic rings. The summed E-state index contributed by atoms with van der Waals surface area (Å²) in [5.74, 6) is 1.48. The van der Waals surface area contributed by atoms with E-state index < -0.39 is 0 Å². The third-order valence-corrected chi connectivity index (χ3v) is 4.50. The molecule has 4 rings (SSSR count). The van der Waals surface area contributed by atoms with Crippen molar-refractivity contribution in [1.82, 2.24) is 15.0 Å². The van der Waals surface area contributed by atoms with E-state index in [9.17, 15) is 0 Å². The van der Waals surface area contributed by atoms with Crippen LogP contribution in [0.1, 0.15) is 11.1 Å². The highest BCUT2D eigenvalue weighted by Crippen LogP contribution is 2.29. The number of pyridine rings is 1. The zero-order valence-corrected chi connectivity index (χ0v) is 15.0. The van der Waals surface area contributed by atoms with Crippen molar-refractivity contribution in [3.63, 3.8) is 0 Å². The summed E-state index contributed by atoms with van der Waals surface area (Å²) in [6, 6.07) is 18.0. The third kappa shape index (κ3) is 2.90. The molecule has 0 fully saturated rings. The van der Waals surface area contributed by atoms with Crippen LogP contribution < -0.4 is 4.74 Å². The standard InChI is InChI=1S/C22H19N3O/c1-14-8-11-20(22-23-13-16-6-4-5-7-19(16)25-22)24-21(14)18-10-9-17(26-3)12-15(18)2/h4-13H,1-3H3. The molecule has 2 aromatic carbocycles. The Morgan fingerprint density at radius 2 is 1.69 bits per heavy atom. The van der Waals surface area contributed by atoms with Gasteiger partial charge in [0.05, 0.1) is 18.3 Å². The number of benzene rings is 2. The second kappa shape index (κ2) is 6.56. The number of hydrogen-bond donors (Lipinski definition) is 0. The first kappa shape index (κ1) is 16.2. The van der Waals surface area contributed by atoms with Crippen LogP contribution in [0.15, 0.2) is 60.8 Å². The molecule has 128 valence electrons. The number of methoxy groups -OCH3 is 1. The summed E-state index contributed by atoms with van der Waals surface area (Å²) in [6.07, 6.45) is 1.84. The fourth-order valence-corrected chi connectivity index (χ4v) is 3.05. The Labute approximate surface area is 152 Å². The molecule has 0 amide bonds. The molecule has 2 aromatic heterocycles. The third-order valence-electron chi connectivity index (χ3n) is 4.50. The summed E-state index contributed by atoms with van der Waals surface area (Å²) in [6.45, 7) is 4.13. The van der Waals surface area contributed by atoms with Crippen LogP contribution in [0.3, 0.4) is 0 Å². The van der Waals surface area contributed by atoms with E-state index in [1.807, 2.05) is 48.7 Å². The summed E-state index contributed by atoms with van der Waals surface area (Å²) in [5.41, 5.74) is 5.96. The number of hydrogen-bond acceptors (Lipinski definition) is 4. The van der Waals surface area contributed by atoms with E-state index in [1.54, 1.807) is 7.11 Å². The second-order valence-corrected chi connectivity index (χ2v) is 6.30. The van der Waals surface area contributed by atoms with Crippen LogP contribution in [0.4, 0.5) is 0 Å². The van der Waals surface area contributed by atoms with Gasteiger partial charge in [0.1, 0.15) is 11.4 Å². The lowest BCUT2D eigenvalue weighted by atomic mass is 10.0. The number of para-hydroxylation sites is 1. The van der Waals surface area contributed by atoms with Gasteiger partial charge in [-0.15, -0.1) is 0 Å². The Kier molecular flexibility index (Phi) is 4.09. The van der Waals surface area contributed by atoms with Crippen LogP contribution in [0, 0.1) is 13.8 Å². The molecule has 0 atom stereocenters. The first-order valence-electron chi connectivity index (χ1n) is 8.50. The quantitative estimate of drug-likeness (QED) is 0.527. The van der Waals surface area contributed by atoms with Gasteiger partial charge in [-0.3, -0.25) is 0 Å². The van der Waals surface area contributed by atoms with E-state index in [0.717, 1.165) is 44.7 Å². The number of aromatic nitrogens is 3. The van der Waals surface area contributed by atoms with Crippen molar-refractivity contribution >= 4 is 10.9 Å². The Morgan fingerprint density at radius 1 is 0.846 bits per heavy atom. The molecule has 0 unspecified atom stereocenters. The molecule has 0 bridgehead atoms.